The van der Waals surface area contributed by atoms with Crippen LogP contribution in [-0.4, -0.2) is 40.3 Å². The maximum absolute atomic E-state index is 4.53. The molecule has 3 rings (SSSR count). The maximum atomic E-state index is 4.53. The molecule has 96 valence electrons. The highest BCUT2D eigenvalue weighted by Crippen LogP contribution is 2.22. The predicted octanol–water partition coefficient (Wildman–Crippen LogP) is 1.31. The van der Waals surface area contributed by atoms with Gasteiger partial charge in [-0.3, -0.25) is 0 Å². The third-order valence-corrected chi connectivity index (χ3v) is 3.52. The first-order chi connectivity index (χ1) is 8.88. The summed E-state index contributed by atoms with van der Waals surface area (Å²) in [6.07, 6.45) is 8.02. The molecule has 1 fully saturated rings. The molecule has 1 atom stereocenters. The van der Waals surface area contributed by atoms with Crippen molar-refractivity contribution in [3.05, 3.63) is 24.7 Å². The average Bonchev–Trinajstić information content (AvgIpc) is 2.87. The third kappa shape index (κ3) is 2.06. The van der Waals surface area contributed by atoms with E-state index < -0.39 is 0 Å². The van der Waals surface area contributed by atoms with Gasteiger partial charge >= 0.3 is 0 Å². The average molecular weight is 245 g/mol. The molecular weight excluding hydrogens is 226 g/mol. The van der Waals surface area contributed by atoms with E-state index in [1.807, 2.05) is 29.2 Å². The number of likely N-dealkylation sites (N-methyl/N-ethyl adjacent to an activating group) is 1. The molecule has 18 heavy (non-hydrogen) atoms. The van der Waals surface area contributed by atoms with Crippen molar-refractivity contribution in [2.24, 2.45) is 0 Å². The number of nitrogens with one attached hydrogen (secondary N) is 1. The zero-order valence-corrected chi connectivity index (χ0v) is 10.7. The Morgan fingerprint density at radius 2 is 2.39 bits per heavy atom. The summed E-state index contributed by atoms with van der Waals surface area (Å²) in [5.74, 6) is 1.05. The van der Waals surface area contributed by atoms with Gasteiger partial charge in [0.05, 0.1) is 6.20 Å². The van der Waals surface area contributed by atoms with Crippen molar-refractivity contribution >= 4 is 11.3 Å². The minimum atomic E-state index is 0.578. The molecule has 1 aliphatic rings. The van der Waals surface area contributed by atoms with E-state index in [1.54, 1.807) is 0 Å². The van der Waals surface area contributed by atoms with Crippen molar-refractivity contribution in [1.29, 1.82) is 0 Å². The van der Waals surface area contributed by atoms with Crippen LogP contribution in [0.25, 0.3) is 5.52 Å². The van der Waals surface area contributed by atoms with Crippen LogP contribution < -0.4 is 10.2 Å². The second-order valence-electron chi connectivity index (χ2n) is 4.75. The summed E-state index contributed by atoms with van der Waals surface area (Å²) in [4.78, 5) is 6.90. The first kappa shape index (κ1) is 11.5. The van der Waals surface area contributed by atoms with Gasteiger partial charge < -0.3 is 10.2 Å². The van der Waals surface area contributed by atoms with Gasteiger partial charge in [0.25, 0.3) is 0 Å². The lowest BCUT2D eigenvalue weighted by Crippen LogP contribution is -2.46. The molecule has 1 N–H and O–H groups in total. The Bertz CT molecular complexity index is 519. The van der Waals surface area contributed by atoms with Gasteiger partial charge in [0, 0.05) is 31.5 Å². The molecule has 0 radical (unpaired) electrons. The van der Waals surface area contributed by atoms with E-state index in [9.17, 15) is 0 Å². The van der Waals surface area contributed by atoms with Crippen LogP contribution in [0.4, 0.5) is 5.82 Å². The molecule has 5 nitrogen and oxygen atoms in total. The summed E-state index contributed by atoms with van der Waals surface area (Å²) in [5.41, 5.74) is 1.09. The van der Waals surface area contributed by atoms with Gasteiger partial charge in [0.2, 0.25) is 0 Å². The maximum Gasteiger partial charge on any atom is 0.154 e. The normalized spacial score (nSPS) is 20.5. The van der Waals surface area contributed by atoms with Crippen molar-refractivity contribution in [1.82, 2.24) is 19.9 Å². The fourth-order valence-electron chi connectivity index (χ4n) is 2.71. The summed E-state index contributed by atoms with van der Waals surface area (Å²) < 4.78 is 1.89. The van der Waals surface area contributed by atoms with Crippen molar-refractivity contribution < 1.29 is 0 Å². The summed E-state index contributed by atoms with van der Waals surface area (Å²) in [6, 6.07) is 2.60. The second-order valence-corrected chi connectivity index (χ2v) is 4.75. The minimum absolute atomic E-state index is 0.578. The van der Waals surface area contributed by atoms with Crippen molar-refractivity contribution in [3.8, 4) is 0 Å². The Kier molecular flexibility index (Phi) is 3.15. The monoisotopic (exact) mass is 245 g/mol. The van der Waals surface area contributed by atoms with Crippen LogP contribution in [0.3, 0.4) is 0 Å². The van der Waals surface area contributed by atoms with Gasteiger partial charge in [-0.1, -0.05) is 6.92 Å². The highest BCUT2D eigenvalue weighted by Gasteiger charge is 2.21. The summed E-state index contributed by atoms with van der Waals surface area (Å²) >= 11 is 0. The second kappa shape index (κ2) is 4.94. The number of fused-ring (bicyclic) bond motifs is 1. The van der Waals surface area contributed by atoms with Crippen LogP contribution in [0.5, 0.6) is 0 Å². The van der Waals surface area contributed by atoms with Crippen LogP contribution in [-0.2, 0) is 0 Å². The van der Waals surface area contributed by atoms with Crippen LogP contribution in [0.2, 0.25) is 0 Å². The lowest BCUT2D eigenvalue weighted by Gasteiger charge is -2.34. The standard InChI is InChI=1S/C13H19N5/c1-2-14-11-4-3-8-17(10-11)13-12-5-6-16-18(12)9-7-15-13/h5-7,9,11,14H,2-4,8,10H2,1H3. The summed E-state index contributed by atoms with van der Waals surface area (Å²) in [7, 11) is 0. The fraction of sp³-hybridized carbons (Fsp3) is 0.538. The predicted molar refractivity (Wildman–Crippen MR) is 71.9 cm³/mol. The lowest BCUT2D eigenvalue weighted by molar-refractivity contribution is 0.430. The SMILES string of the molecule is CCNC1CCCN(c2nccn3nccc23)C1. The molecule has 1 unspecified atom stereocenters. The smallest absolute Gasteiger partial charge is 0.154 e. The molecule has 1 aliphatic heterocycles. The third-order valence-electron chi connectivity index (χ3n) is 3.52. The zero-order chi connectivity index (χ0) is 12.4. The molecule has 0 saturated carbocycles. The highest BCUT2D eigenvalue weighted by molar-refractivity contribution is 5.68. The van der Waals surface area contributed by atoms with Gasteiger partial charge in [-0.05, 0) is 25.5 Å². The molecule has 0 aromatic carbocycles. The van der Waals surface area contributed by atoms with E-state index in [1.165, 1.54) is 12.8 Å². The molecule has 0 spiro atoms. The van der Waals surface area contributed by atoms with E-state index in [2.05, 4.69) is 27.2 Å². The van der Waals surface area contributed by atoms with Crippen molar-refractivity contribution in [2.45, 2.75) is 25.8 Å². The molecule has 0 amide bonds. The summed E-state index contributed by atoms with van der Waals surface area (Å²) in [5, 5.41) is 7.80. The Morgan fingerprint density at radius 1 is 1.44 bits per heavy atom. The Balaban J connectivity index is 1.87. The zero-order valence-electron chi connectivity index (χ0n) is 10.7. The molecule has 0 aliphatic carbocycles. The first-order valence-electron chi connectivity index (χ1n) is 6.65. The van der Waals surface area contributed by atoms with Crippen LogP contribution in [0, 0.1) is 0 Å². The van der Waals surface area contributed by atoms with Gasteiger partial charge in [0.1, 0.15) is 5.52 Å². The number of piperidine rings is 1. The molecular formula is C13H19N5. The van der Waals surface area contributed by atoms with Crippen molar-refractivity contribution in [2.75, 3.05) is 24.5 Å². The number of anilines is 1. The van der Waals surface area contributed by atoms with Gasteiger partial charge in [0.15, 0.2) is 5.82 Å². The van der Waals surface area contributed by atoms with E-state index in [4.69, 9.17) is 0 Å². The topological polar surface area (TPSA) is 45.5 Å². The van der Waals surface area contributed by atoms with E-state index in [-0.39, 0.29) is 0 Å². The molecule has 2 aromatic rings. The fourth-order valence-corrected chi connectivity index (χ4v) is 2.71. The molecule has 1 saturated heterocycles. The number of aromatic nitrogens is 3. The van der Waals surface area contributed by atoms with E-state index in [0.29, 0.717) is 6.04 Å². The largest absolute Gasteiger partial charge is 0.353 e. The first-order valence-corrected chi connectivity index (χ1v) is 6.65. The molecule has 3 heterocycles. The molecule has 0 bridgehead atoms. The number of rotatable bonds is 3. The molecule has 5 heteroatoms. The van der Waals surface area contributed by atoms with E-state index >= 15 is 0 Å². The molecule has 2 aromatic heterocycles. The van der Waals surface area contributed by atoms with E-state index in [0.717, 1.165) is 31.0 Å². The quantitative estimate of drug-likeness (QED) is 0.885. The number of hydrogen-bond donors (Lipinski definition) is 1. The number of nitrogens with zero attached hydrogens (tertiary/aromatic N) is 4. The van der Waals surface area contributed by atoms with Crippen LogP contribution in [0.1, 0.15) is 19.8 Å². The summed E-state index contributed by atoms with van der Waals surface area (Å²) in [6.45, 7) is 5.31. The van der Waals surface area contributed by atoms with Crippen molar-refractivity contribution in [3.63, 3.8) is 0 Å². The lowest BCUT2D eigenvalue weighted by atomic mass is 10.1. The Morgan fingerprint density at radius 3 is 3.28 bits per heavy atom. The van der Waals surface area contributed by atoms with Crippen LogP contribution >= 0.6 is 0 Å². The van der Waals surface area contributed by atoms with Gasteiger partial charge in [-0.15, -0.1) is 0 Å². The van der Waals surface area contributed by atoms with Crippen LogP contribution in [0.15, 0.2) is 24.7 Å². The minimum Gasteiger partial charge on any atom is -0.353 e. The number of hydrogen-bond acceptors (Lipinski definition) is 4. The van der Waals surface area contributed by atoms with Gasteiger partial charge in [-0.25, -0.2) is 9.50 Å². The highest BCUT2D eigenvalue weighted by atomic mass is 15.3. The Hall–Kier alpha value is -1.62. The van der Waals surface area contributed by atoms with Gasteiger partial charge in [-0.2, -0.15) is 5.10 Å². The Labute approximate surface area is 107 Å².